The molecule has 86 valence electrons. The molecule has 1 aromatic carbocycles. The lowest BCUT2D eigenvalue weighted by Crippen LogP contribution is -2.30. The highest BCUT2D eigenvalue weighted by molar-refractivity contribution is 5.62. The van der Waals surface area contributed by atoms with E-state index in [0.717, 1.165) is 5.56 Å². The van der Waals surface area contributed by atoms with E-state index in [0.29, 0.717) is 6.29 Å². The summed E-state index contributed by atoms with van der Waals surface area (Å²) < 4.78 is 5.29. The summed E-state index contributed by atoms with van der Waals surface area (Å²) in [6, 6.07) is 4.61. The van der Waals surface area contributed by atoms with Crippen LogP contribution >= 0.6 is 0 Å². The van der Waals surface area contributed by atoms with Crippen molar-refractivity contribution in [2.75, 3.05) is 0 Å². The minimum absolute atomic E-state index is 0.104. The summed E-state index contributed by atoms with van der Waals surface area (Å²) in [5.41, 5.74) is -0.432. The van der Waals surface area contributed by atoms with Crippen LogP contribution in [0.2, 0.25) is 0 Å². The number of rotatable bonds is 4. The van der Waals surface area contributed by atoms with Crippen LogP contribution in [0, 0.1) is 17.0 Å². The maximum absolute atomic E-state index is 10.8. The van der Waals surface area contributed by atoms with Crippen molar-refractivity contribution in [2.24, 2.45) is 0 Å². The Bertz CT molecular complexity index is 426. The average molecular weight is 223 g/mol. The van der Waals surface area contributed by atoms with Crippen molar-refractivity contribution in [1.29, 1.82) is 0 Å². The minimum Gasteiger partial charge on any atom is -0.473 e. The second kappa shape index (κ2) is 4.30. The SMILES string of the molecule is Cc1ccc(OC(C)(C)C=O)c([N+](=O)[O-])c1. The van der Waals surface area contributed by atoms with Gasteiger partial charge in [-0.2, -0.15) is 0 Å². The second-order valence-electron chi connectivity index (χ2n) is 4.05. The van der Waals surface area contributed by atoms with E-state index in [9.17, 15) is 14.9 Å². The third-order valence-corrected chi connectivity index (χ3v) is 1.97. The predicted molar refractivity (Wildman–Crippen MR) is 58.6 cm³/mol. The Labute approximate surface area is 93.2 Å². The van der Waals surface area contributed by atoms with Crippen molar-refractivity contribution in [3.05, 3.63) is 33.9 Å². The van der Waals surface area contributed by atoms with Gasteiger partial charge in [-0.15, -0.1) is 0 Å². The molecule has 0 amide bonds. The van der Waals surface area contributed by atoms with Gasteiger partial charge in [-0.3, -0.25) is 14.9 Å². The molecule has 0 atom stereocenters. The van der Waals surface area contributed by atoms with Crippen LogP contribution in [0.15, 0.2) is 18.2 Å². The number of nitro groups is 1. The number of nitrogens with zero attached hydrogens (tertiary/aromatic N) is 1. The van der Waals surface area contributed by atoms with Crippen LogP contribution < -0.4 is 4.74 Å². The molecule has 1 rings (SSSR count). The van der Waals surface area contributed by atoms with E-state index in [1.54, 1.807) is 26.8 Å². The monoisotopic (exact) mass is 223 g/mol. The highest BCUT2D eigenvalue weighted by Crippen LogP contribution is 2.30. The number of aldehydes is 1. The summed E-state index contributed by atoms with van der Waals surface area (Å²) in [5.74, 6) is 0.104. The average Bonchev–Trinajstić information content (AvgIpc) is 2.20. The van der Waals surface area contributed by atoms with Crippen molar-refractivity contribution in [3.63, 3.8) is 0 Å². The van der Waals surface area contributed by atoms with Gasteiger partial charge in [-0.25, -0.2) is 0 Å². The van der Waals surface area contributed by atoms with E-state index in [2.05, 4.69) is 0 Å². The lowest BCUT2D eigenvalue weighted by molar-refractivity contribution is -0.386. The summed E-state index contributed by atoms with van der Waals surface area (Å²) in [5, 5.41) is 10.8. The van der Waals surface area contributed by atoms with Crippen molar-refractivity contribution >= 4 is 12.0 Å². The quantitative estimate of drug-likeness (QED) is 0.446. The smallest absolute Gasteiger partial charge is 0.311 e. The van der Waals surface area contributed by atoms with Crippen molar-refractivity contribution in [2.45, 2.75) is 26.4 Å². The number of nitro benzene ring substituents is 1. The first-order valence-electron chi connectivity index (χ1n) is 4.76. The van der Waals surface area contributed by atoms with E-state index in [1.807, 2.05) is 0 Å². The highest BCUT2D eigenvalue weighted by atomic mass is 16.6. The molecular formula is C11H13NO4. The van der Waals surface area contributed by atoms with Gasteiger partial charge in [0.25, 0.3) is 0 Å². The normalized spacial score (nSPS) is 10.9. The lowest BCUT2D eigenvalue weighted by atomic mass is 10.1. The Morgan fingerprint density at radius 1 is 1.44 bits per heavy atom. The van der Waals surface area contributed by atoms with E-state index >= 15 is 0 Å². The number of benzene rings is 1. The first kappa shape index (κ1) is 12.2. The molecule has 5 nitrogen and oxygen atoms in total. The van der Waals surface area contributed by atoms with E-state index in [1.165, 1.54) is 12.1 Å². The summed E-state index contributed by atoms with van der Waals surface area (Å²) in [6.07, 6.45) is 0.608. The fourth-order valence-corrected chi connectivity index (χ4v) is 1.16. The Morgan fingerprint density at radius 2 is 2.06 bits per heavy atom. The third kappa shape index (κ3) is 2.79. The van der Waals surface area contributed by atoms with Gasteiger partial charge in [0, 0.05) is 6.07 Å². The fraction of sp³-hybridized carbons (Fsp3) is 0.364. The van der Waals surface area contributed by atoms with Crippen LogP contribution in [0.5, 0.6) is 5.75 Å². The Morgan fingerprint density at radius 3 is 2.56 bits per heavy atom. The number of hydrogen-bond acceptors (Lipinski definition) is 4. The number of aryl methyl sites for hydroxylation is 1. The molecule has 16 heavy (non-hydrogen) atoms. The Kier molecular flexibility index (Phi) is 3.27. The molecule has 0 spiro atoms. The molecule has 0 saturated carbocycles. The van der Waals surface area contributed by atoms with E-state index in [-0.39, 0.29) is 11.4 Å². The molecule has 0 aliphatic carbocycles. The summed E-state index contributed by atoms with van der Waals surface area (Å²) in [7, 11) is 0. The second-order valence-corrected chi connectivity index (χ2v) is 4.05. The predicted octanol–water partition coefficient (Wildman–Crippen LogP) is 2.26. The molecule has 5 heteroatoms. The van der Waals surface area contributed by atoms with Gasteiger partial charge in [-0.1, -0.05) is 6.07 Å². The van der Waals surface area contributed by atoms with Crippen LogP contribution in [0.4, 0.5) is 5.69 Å². The van der Waals surface area contributed by atoms with Crippen LogP contribution in [0.3, 0.4) is 0 Å². The molecule has 0 saturated heterocycles. The van der Waals surface area contributed by atoms with E-state index in [4.69, 9.17) is 4.74 Å². The first-order valence-corrected chi connectivity index (χ1v) is 4.76. The van der Waals surface area contributed by atoms with Crippen LogP contribution in [-0.2, 0) is 4.79 Å². The molecule has 0 aliphatic heterocycles. The summed E-state index contributed by atoms with van der Waals surface area (Å²) >= 11 is 0. The van der Waals surface area contributed by atoms with Crippen molar-refractivity contribution < 1.29 is 14.5 Å². The topological polar surface area (TPSA) is 69.4 Å². The molecule has 0 aliphatic rings. The highest BCUT2D eigenvalue weighted by Gasteiger charge is 2.24. The number of ether oxygens (including phenoxy) is 1. The van der Waals surface area contributed by atoms with Crippen molar-refractivity contribution in [1.82, 2.24) is 0 Å². The zero-order valence-corrected chi connectivity index (χ0v) is 9.39. The summed E-state index contributed by atoms with van der Waals surface area (Å²) in [6.45, 7) is 4.84. The molecule has 0 unspecified atom stereocenters. The number of hydrogen-bond donors (Lipinski definition) is 0. The standard InChI is InChI=1S/C11H13NO4/c1-8-4-5-10(9(6-8)12(14)15)16-11(2,3)7-13/h4-7H,1-3H3. The van der Waals surface area contributed by atoms with E-state index < -0.39 is 10.5 Å². The maximum atomic E-state index is 10.8. The van der Waals surface area contributed by atoms with Crippen molar-refractivity contribution in [3.8, 4) is 5.75 Å². The van der Waals surface area contributed by atoms with Gasteiger partial charge in [0.15, 0.2) is 17.6 Å². The van der Waals surface area contributed by atoms with Gasteiger partial charge in [0.2, 0.25) is 0 Å². The van der Waals surface area contributed by atoms with Gasteiger partial charge < -0.3 is 4.74 Å². The van der Waals surface area contributed by atoms with Gasteiger partial charge in [0.05, 0.1) is 4.92 Å². The Hall–Kier alpha value is -1.91. The summed E-state index contributed by atoms with van der Waals surface area (Å²) in [4.78, 5) is 20.9. The fourth-order valence-electron chi connectivity index (χ4n) is 1.16. The molecule has 0 fully saturated rings. The zero-order chi connectivity index (χ0) is 12.3. The molecule has 0 aromatic heterocycles. The maximum Gasteiger partial charge on any atom is 0.311 e. The number of carbonyl (C=O) groups is 1. The number of carbonyl (C=O) groups excluding carboxylic acids is 1. The Balaban J connectivity index is 3.13. The molecular weight excluding hydrogens is 210 g/mol. The lowest BCUT2D eigenvalue weighted by Gasteiger charge is -2.19. The molecule has 0 bridgehead atoms. The minimum atomic E-state index is -1.07. The van der Waals surface area contributed by atoms with Gasteiger partial charge in [0.1, 0.15) is 0 Å². The third-order valence-electron chi connectivity index (χ3n) is 1.97. The largest absolute Gasteiger partial charge is 0.473 e. The van der Waals surface area contributed by atoms with Gasteiger partial charge in [-0.05, 0) is 32.4 Å². The van der Waals surface area contributed by atoms with Crippen LogP contribution in [-0.4, -0.2) is 16.8 Å². The molecule has 0 N–H and O–H groups in total. The molecule has 0 heterocycles. The molecule has 1 aromatic rings. The van der Waals surface area contributed by atoms with Crippen LogP contribution in [0.25, 0.3) is 0 Å². The first-order chi connectivity index (χ1) is 7.35. The molecule has 0 radical (unpaired) electrons. The zero-order valence-electron chi connectivity index (χ0n) is 9.39. The van der Waals surface area contributed by atoms with Gasteiger partial charge >= 0.3 is 5.69 Å². The van der Waals surface area contributed by atoms with Crippen LogP contribution in [0.1, 0.15) is 19.4 Å².